The number of amides is 4. The summed E-state index contributed by atoms with van der Waals surface area (Å²) >= 11 is 0. The van der Waals surface area contributed by atoms with E-state index in [2.05, 4.69) is 21.3 Å². The summed E-state index contributed by atoms with van der Waals surface area (Å²) in [5.74, 6) is -9.05. The summed E-state index contributed by atoms with van der Waals surface area (Å²) in [5.41, 5.74) is 0. The first kappa shape index (κ1) is 114. The Labute approximate surface area is 780 Å². The number of aliphatic carboxylic acids is 1. The lowest BCUT2D eigenvalue weighted by Gasteiger charge is -2.52. The van der Waals surface area contributed by atoms with Crippen LogP contribution < -0.4 is 21.3 Å². The van der Waals surface area contributed by atoms with E-state index in [1.807, 2.05) is 0 Å². The number of hydrogen-bond acceptors (Lipinski definition) is 56. The van der Waals surface area contributed by atoms with Crippen molar-refractivity contribution in [2.75, 3.05) is 59.5 Å². The van der Waals surface area contributed by atoms with Gasteiger partial charge in [-0.05, 0) is 13.8 Å². The van der Waals surface area contributed by atoms with Crippen LogP contribution in [0.1, 0.15) is 48.0 Å². The second-order valence-corrected chi connectivity index (χ2v) is 35.2. The summed E-state index contributed by atoms with van der Waals surface area (Å²) in [7, 11) is 0. The van der Waals surface area contributed by atoms with Gasteiger partial charge in [0.05, 0.1) is 83.8 Å². The third-order valence-electron chi connectivity index (χ3n) is 25.5. The summed E-state index contributed by atoms with van der Waals surface area (Å²) in [6.07, 6.45) is -109. The molecule has 0 bridgehead atoms. The van der Waals surface area contributed by atoms with E-state index >= 15 is 0 Å². The number of ether oxygens (including phenoxy) is 21. The van der Waals surface area contributed by atoms with E-state index in [-0.39, 0.29) is 0 Å². The molecular formula is C77H128N4O57. The molecule has 0 saturated carbocycles. The summed E-state index contributed by atoms with van der Waals surface area (Å²) < 4.78 is 125. The van der Waals surface area contributed by atoms with E-state index < -0.39 is 439 Å². The number of carboxylic acid groups (broad SMARTS) is 1. The molecule has 35 N–H and O–H groups in total. The average Bonchev–Trinajstić information content (AvgIpc) is 0.769. The number of hydrogen-bond donors (Lipinski definition) is 35. The summed E-state index contributed by atoms with van der Waals surface area (Å²) in [5, 5.41) is 355. The standard InChI is InChI=1S/C77H128N4O57/c1-17-37(95)46(104)52(110)70(120-17)134-62-36(81-22(6)92)69(127-30(14-88)60(62)133-75-65(49(107)40(98)25(9-83)124-75)137-71-53(111)47(105)38(96)18(2)121-71)136-63-42(100)26(10-84)123-73(55(63)113)131-57-28(12-86)125-67(34(44(57)102)79-20(4)90)118-15-31-43(101)64(56(114)74(128-31)132-59-27(11-85)122-66(115)51(109)50(59)108)135-68-35(80-21(5)91)45(103)58(29(13-87)126-68)130-72-54(112)48(106)41(99)32(129-72)16-119-77(76(116)117)7-23(93)33(78-19(3)89)61(138-77)39(97)24(94)8-82/h17-18,23-75,82-88,93-115H,7-16H2,1-6H3,(H,78,89)(H,79,90)(H,80,91)(H,81,92)(H,116,117)/t17-,18-,23-,24+,25+,26+,27+,28+,29+,30+,31+,32+,33+,34+,35+,36+,37+,38+,39+,40-,41-,42-,43-,44+,45+,46+,47+,48-,49-,50+,51+,52-,53-,54+,55+,56+,57+,58+,59+,60+,61+,62+,63-,64-,65+,66?,67+,68-,69-,70-,71-,72-,73-,74-,75-,77+/m0/s1. The molecule has 11 aliphatic rings. The van der Waals surface area contributed by atoms with Gasteiger partial charge >= 0.3 is 5.97 Å². The van der Waals surface area contributed by atoms with E-state index in [0.717, 1.165) is 27.7 Å². The largest absolute Gasteiger partial charge is 0.477 e. The minimum absolute atomic E-state index is 0.847. The lowest BCUT2D eigenvalue weighted by Crippen LogP contribution is -2.71. The van der Waals surface area contributed by atoms with Crippen molar-refractivity contribution in [1.29, 1.82) is 0 Å². The highest BCUT2D eigenvalue weighted by atomic mass is 16.8. The average molecular weight is 2020 g/mol. The number of aliphatic hydroxyl groups excluding tert-OH is 30. The second-order valence-electron chi connectivity index (χ2n) is 35.2. The summed E-state index contributed by atoms with van der Waals surface area (Å²) in [6.45, 7) is -4.61. The molecule has 4 amide bonds. The zero-order valence-corrected chi connectivity index (χ0v) is 74.3. The quantitative estimate of drug-likeness (QED) is 0.0277. The maximum absolute atomic E-state index is 13.5. The van der Waals surface area contributed by atoms with E-state index in [4.69, 9.17) is 99.5 Å². The van der Waals surface area contributed by atoms with Crippen molar-refractivity contribution in [3.63, 3.8) is 0 Å². The number of carbonyl (C=O) groups is 5. The molecule has 1 unspecified atom stereocenters. The van der Waals surface area contributed by atoms with Gasteiger partial charge in [0.15, 0.2) is 62.9 Å². The van der Waals surface area contributed by atoms with Crippen LogP contribution in [0.2, 0.25) is 0 Å². The van der Waals surface area contributed by atoms with Crippen LogP contribution >= 0.6 is 0 Å². The summed E-state index contributed by atoms with van der Waals surface area (Å²) in [4.78, 5) is 65.2. The van der Waals surface area contributed by atoms with Gasteiger partial charge in [-0.15, -0.1) is 0 Å². The van der Waals surface area contributed by atoms with Crippen molar-refractivity contribution in [2.24, 2.45) is 0 Å². The first-order valence-corrected chi connectivity index (χ1v) is 44.0. The molecule has 0 spiro atoms. The number of rotatable bonds is 36. The molecule has 0 radical (unpaired) electrons. The van der Waals surface area contributed by atoms with Crippen LogP contribution in [0.5, 0.6) is 0 Å². The third kappa shape index (κ3) is 24.7. The van der Waals surface area contributed by atoms with Crippen molar-refractivity contribution >= 4 is 29.6 Å². The molecule has 0 aromatic heterocycles. The Hall–Kier alpha value is -4.69. The zero-order chi connectivity index (χ0) is 102. The van der Waals surface area contributed by atoms with Gasteiger partial charge in [0.1, 0.15) is 250 Å². The molecule has 138 heavy (non-hydrogen) atoms. The lowest BCUT2D eigenvalue weighted by atomic mass is 9.88. The van der Waals surface area contributed by atoms with E-state index in [9.17, 15) is 182 Å². The van der Waals surface area contributed by atoms with Crippen molar-refractivity contribution in [1.82, 2.24) is 21.3 Å². The van der Waals surface area contributed by atoms with E-state index in [1.165, 1.54) is 13.8 Å². The van der Waals surface area contributed by atoms with Crippen molar-refractivity contribution in [2.45, 2.75) is 391 Å². The van der Waals surface area contributed by atoms with Gasteiger partial charge in [0, 0.05) is 34.1 Å². The van der Waals surface area contributed by atoms with E-state index in [1.54, 1.807) is 0 Å². The summed E-state index contributed by atoms with van der Waals surface area (Å²) in [6, 6.07) is -7.81. The predicted molar refractivity (Wildman–Crippen MR) is 423 cm³/mol. The Balaban J connectivity index is 0.837. The van der Waals surface area contributed by atoms with Crippen LogP contribution in [-0.2, 0) is 123 Å². The highest BCUT2D eigenvalue weighted by molar-refractivity contribution is 5.77. The molecule has 0 aromatic carbocycles. The van der Waals surface area contributed by atoms with Gasteiger partial charge in [0.25, 0.3) is 5.79 Å². The Kier molecular flexibility index (Phi) is 40.1. The third-order valence-corrected chi connectivity index (χ3v) is 25.5. The van der Waals surface area contributed by atoms with Gasteiger partial charge < -0.3 is 279 Å². The Morgan fingerprint density at radius 2 is 0.645 bits per heavy atom. The van der Waals surface area contributed by atoms with Gasteiger partial charge in [-0.3, -0.25) is 19.2 Å². The van der Waals surface area contributed by atoms with Crippen LogP contribution in [0.25, 0.3) is 0 Å². The first-order valence-electron chi connectivity index (χ1n) is 44.0. The van der Waals surface area contributed by atoms with Crippen LogP contribution in [0.3, 0.4) is 0 Å². The van der Waals surface area contributed by atoms with Crippen molar-refractivity contribution < 1.29 is 282 Å². The monoisotopic (exact) mass is 2020 g/mol. The van der Waals surface area contributed by atoms with Crippen LogP contribution in [0.15, 0.2) is 0 Å². The number of carbonyl (C=O) groups excluding carboxylic acids is 4. The smallest absolute Gasteiger partial charge is 0.364 e. The van der Waals surface area contributed by atoms with Crippen LogP contribution in [0.4, 0.5) is 0 Å². The molecule has 61 heteroatoms. The van der Waals surface area contributed by atoms with Crippen LogP contribution in [-0.4, -0.2) is 590 Å². The molecule has 11 rings (SSSR count). The maximum atomic E-state index is 13.5. The molecule has 11 saturated heterocycles. The predicted octanol–water partition coefficient (Wildman–Crippen LogP) is -23.1. The van der Waals surface area contributed by atoms with Gasteiger partial charge in [-0.1, -0.05) is 0 Å². The number of aliphatic hydroxyl groups is 30. The second kappa shape index (κ2) is 48.8. The van der Waals surface area contributed by atoms with Gasteiger partial charge in [0.2, 0.25) is 23.6 Å². The maximum Gasteiger partial charge on any atom is 0.364 e. The molecule has 0 aromatic rings. The topological polar surface area (TPSA) is 954 Å². The van der Waals surface area contributed by atoms with E-state index in [0.29, 0.717) is 0 Å². The minimum atomic E-state index is -3.10. The number of nitrogens with one attached hydrogen (secondary N) is 4. The first-order chi connectivity index (χ1) is 65.0. The molecule has 11 fully saturated rings. The molecule has 56 atom stereocenters. The Bertz CT molecular complexity index is 3860. The fourth-order valence-electron chi connectivity index (χ4n) is 17.9. The normalized spacial score (nSPS) is 49.1. The molecule has 11 aliphatic heterocycles. The fourth-order valence-corrected chi connectivity index (χ4v) is 17.9. The fraction of sp³-hybridized carbons (Fsp3) is 0.935. The van der Waals surface area contributed by atoms with Gasteiger partial charge in [-0.2, -0.15) is 0 Å². The molecule has 61 nitrogen and oxygen atoms in total. The SMILES string of the molecule is CC(=O)N[C@H]1[C@H](O[C@H]2[C@@H](O)[C@@H](CO[C@@H]3O[C@H](CO)[C@@H](O[C@@H]4O[C@H](CO)[C@H](O)[C@H](O[C@@H]5O[C@H](CO)[C@@H](O[C@@H]6O[C@H](CO)[C@H](O)[C@H](O)[C@H]6O[C@@H]6O[C@@H](C)[C@@H](O)[C@@H](O)[C@@H]6O)[C@H](O[C@@H]6O[C@@H](C)[C@@H](O)[C@@H](O)[C@@H]6O)[C@H]5NC(C)=O)[C@H]4O)[C@H](O)[C@H]3NC(C)=O)O[C@@H](O[C@H]3[C@H](O)[C@@H](O)C(O)O[C@@H]3CO)[C@@H]2O)O[C@H](CO)[C@@H](O[C@@H]2O[C@H](CO[C@]3(C(=O)O)C[C@H](O)[C@@H](NC(C)=O)[C@H]([C@H](O)[C@H](O)CO)O3)[C@H](O)[C@H](O)[C@H]2O)[C@@H]1O. The Morgan fingerprint density at radius 3 is 1.12 bits per heavy atom. The lowest BCUT2D eigenvalue weighted by molar-refractivity contribution is -0.400. The highest BCUT2D eigenvalue weighted by Crippen LogP contribution is 2.43. The van der Waals surface area contributed by atoms with Crippen molar-refractivity contribution in [3.05, 3.63) is 0 Å². The zero-order valence-electron chi connectivity index (χ0n) is 74.3. The molecular weight excluding hydrogens is 1890 g/mol. The molecule has 798 valence electrons. The highest BCUT2D eigenvalue weighted by Gasteiger charge is 2.64. The van der Waals surface area contributed by atoms with Crippen molar-refractivity contribution in [3.8, 4) is 0 Å². The number of carboxylic acids is 1. The molecule has 0 aliphatic carbocycles. The molecule has 11 heterocycles. The van der Waals surface area contributed by atoms with Crippen LogP contribution in [0, 0.1) is 0 Å². The Morgan fingerprint density at radius 1 is 0.312 bits per heavy atom. The minimum Gasteiger partial charge on any atom is -0.477 e. The van der Waals surface area contributed by atoms with Gasteiger partial charge in [-0.25, -0.2) is 4.79 Å².